The molecule has 0 unspecified atom stereocenters. The fourth-order valence-corrected chi connectivity index (χ4v) is 3.14. The first-order chi connectivity index (χ1) is 12.2. The Bertz CT molecular complexity index is 676. The van der Waals surface area contributed by atoms with E-state index in [0.717, 1.165) is 38.3 Å². The van der Waals surface area contributed by atoms with E-state index in [1.54, 1.807) is 0 Å². The molecule has 1 fully saturated rings. The normalized spacial score (nSPS) is 15.8. The summed E-state index contributed by atoms with van der Waals surface area (Å²) in [7, 11) is 0. The first-order valence-corrected chi connectivity index (χ1v) is 9.13. The number of nitrogens with one attached hydrogen (secondary N) is 1. The van der Waals surface area contributed by atoms with Crippen molar-refractivity contribution in [3.63, 3.8) is 0 Å². The van der Waals surface area contributed by atoms with Gasteiger partial charge in [0.25, 0.3) is 0 Å². The van der Waals surface area contributed by atoms with Crippen LogP contribution in [-0.2, 0) is 0 Å². The minimum absolute atomic E-state index is 0.0102. The average Bonchev–Trinajstić information content (AvgIpc) is 2.68. The zero-order valence-electron chi connectivity index (χ0n) is 15.1. The molecule has 0 radical (unpaired) electrons. The quantitative estimate of drug-likeness (QED) is 0.888. The molecule has 2 amide bonds. The summed E-state index contributed by atoms with van der Waals surface area (Å²) in [4.78, 5) is 16.7. The molecule has 0 bridgehead atoms. The van der Waals surface area contributed by atoms with Crippen LogP contribution in [0, 0.1) is 0 Å². The number of carbonyl (C=O) groups is 1. The molecule has 1 aliphatic rings. The summed E-state index contributed by atoms with van der Waals surface area (Å²) in [6.07, 6.45) is 1.12. The second-order valence-corrected chi connectivity index (χ2v) is 6.67. The average molecular weight is 337 g/mol. The molecular formula is C21H27N3O. The molecule has 1 N–H and O–H groups in total. The number of hydrogen-bond acceptors (Lipinski definition) is 2. The van der Waals surface area contributed by atoms with Crippen LogP contribution in [0.3, 0.4) is 0 Å². The van der Waals surface area contributed by atoms with Gasteiger partial charge in [0.2, 0.25) is 0 Å². The Morgan fingerprint density at radius 2 is 1.64 bits per heavy atom. The van der Waals surface area contributed by atoms with Gasteiger partial charge in [0.15, 0.2) is 0 Å². The van der Waals surface area contributed by atoms with Gasteiger partial charge in [-0.1, -0.05) is 44.2 Å². The van der Waals surface area contributed by atoms with Crippen LogP contribution < -0.4 is 10.2 Å². The Labute approximate surface area is 150 Å². The molecule has 1 saturated heterocycles. The maximum Gasteiger partial charge on any atom is 0.321 e. The van der Waals surface area contributed by atoms with Gasteiger partial charge in [-0.25, -0.2) is 4.79 Å². The Morgan fingerprint density at radius 1 is 1.00 bits per heavy atom. The molecule has 0 spiro atoms. The van der Waals surface area contributed by atoms with E-state index in [1.165, 1.54) is 11.3 Å². The van der Waals surface area contributed by atoms with Crippen LogP contribution in [0.2, 0.25) is 0 Å². The molecule has 0 aromatic heterocycles. The first kappa shape index (κ1) is 17.3. The SMILES string of the molecule is CC[C@@H](C)c1ccc(NC(=O)N2CCN(c3ccccc3)CC2)cc1. The molecule has 4 nitrogen and oxygen atoms in total. The number of piperazine rings is 1. The van der Waals surface area contributed by atoms with Crippen molar-refractivity contribution < 1.29 is 4.79 Å². The summed E-state index contributed by atoms with van der Waals surface area (Å²) < 4.78 is 0. The first-order valence-electron chi connectivity index (χ1n) is 9.13. The van der Waals surface area contributed by atoms with E-state index in [1.807, 2.05) is 23.1 Å². The molecule has 1 atom stereocenters. The number of para-hydroxylation sites is 1. The van der Waals surface area contributed by atoms with Crippen molar-refractivity contribution in [2.24, 2.45) is 0 Å². The predicted octanol–water partition coefficient (Wildman–Crippen LogP) is 4.55. The van der Waals surface area contributed by atoms with Gasteiger partial charge >= 0.3 is 6.03 Å². The topological polar surface area (TPSA) is 35.6 Å². The van der Waals surface area contributed by atoms with Gasteiger partial charge in [-0.2, -0.15) is 0 Å². The van der Waals surface area contributed by atoms with Crippen LogP contribution in [-0.4, -0.2) is 37.1 Å². The van der Waals surface area contributed by atoms with Crippen molar-refractivity contribution in [3.8, 4) is 0 Å². The number of urea groups is 1. The number of rotatable bonds is 4. The van der Waals surface area contributed by atoms with E-state index in [2.05, 4.69) is 60.5 Å². The van der Waals surface area contributed by atoms with E-state index in [9.17, 15) is 4.79 Å². The smallest absolute Gasteiger partial charge is 0.321 e. The lowest BCUT2D eigenvalue weighted by Gasteiger charge is -2.36. The number of carbonyl (C=O) groups excluding carboxylic acids is 1. The van der Waals surface area contributed by atoms with Gasteiger partial charge in [0.05, 0.1) is 0 Å². The summed E-state index contributed by atoms with van der Waals surface area (Å²) in [6.45, 7) is 7.63. The number of nitrogens with zero attached hydrogens (tertiary/aromatic N) is 2. The standard InChI is InChI=1S/C21H27N3O/c1-3-17(2)18-9-11-19(12-10-18)22-21(25)24-15-13-23(14-16-24)20-7-5-4-6-8-20/h4-12,17H,3,13-16H2,1-2H3,(H,22,25)/t17-/m1/s1. The van der Waals surface area contributed by atoms with Crippen LogP contribution in [0.15, 0.2) is 54.6 Å². The molecule has 0 aliphatic carbocycles. The molecule has 0 saturated carbocycles. The van der Waals surface area contributed by atoms with Crippen molar-refractivity contribution >= 4 is 17.4 Å². The lowest BCUT2D eigenvalue weighted by molar-refractivity contribution is 0.208. The van der Waals surface area contributed by atoms with Crippen LogP contribution in [0.1, 0.15) is 31.7 Å². The molecule has 132 valence electrons. The van der Waals surface area contributed by atoms with E-state index >= 15 is 0 Å². The van der Waals surface area contributed by atoms with Gasteiger partial charge in [-0.05, 0) is 42.2 Å². The van der Waals surface area contributed by atoms with Gasteiger partial charge in [-0.15, -0.1) is 0 Å². The van der Waals surface area contributed by atoms with Crippen LogP contribution in [0.4, 0.5) is 16.2 Å². The lowest BCUT2D eigenvalue weighted by Crippen LogP contribution is -2.50. The van der Waals surface area contributed by atoms with Crippen molar-refractivity contribution in [3.05, 3.63) is 60.2 Å². The summed E-state index contributed by atoms with van der Waals surface area (Å²) in [5, 5.41) is 3.02. The fourth-order valence-electron chi connectivity index (χ4n) is 3.14. The highest BCUT2D eigenvalue weighted by Crippen LogP contribution is 2.21. The highest BCUT2D eigenvalue weighted by atomic mass is 16.2. The highest BCUT2D eigenvalue weighted by Gasteiger charge is 2.21. The van der Waals surface area contributed by atoms with Crippen molar-refractivity contribution in [1.29, 1.82) is 0 Å². The largest absolute Gasteiger partial charge is 0.368 e. The highest BCUT2D eigenvalue weighted by molar-refractivity contribution is 5.89. The molecule has 3 rings (SSSR count). The number of hydrogen-bond donors (Lipinski definition) is 1. The van der Waals surface area contributed by atoms with Crippen molar-refractivity contribution in [2.75, 3.05) is 36.4 Å². The summed E-state index contributed by atoms with van der Waals surface area (Å²) in [6, 6.07) is 18.6. The zero-order valence-corrected chi connectivity index (χ0v) is 15.1. The van der Waals surface area contributed by atoms with E-state index in [-0.39, 0.29) is 6.03 Å². The Hall–Kier alpha value is -2.49. The molecule has 2 aromatic carbocycles. The molecule has 4 heteroatoms. The van der Waals surface area contributed by atoms with Gasteiger partial charge in [-0.3, -0.25) is 0 Å². The fraction of sp³-hybridized carbons (Fsp3) is 0.381. The molecular weight excluding hydrogens is 310 g/mol. The Kier molecular flexibility index (Phi) is 5.59. The van der Waals surface area contributed by atoms with Crippen molar-refractivity contribution in [1.82, 2.24) is 4.90 Å². The summed E-state index contributed by atoms with van der Waals surface area (Å²) in [5.74, 6) is 0.552. The minimum atomic E-state index is -0.0102. The predicted molar refractivity (Wildman–Crippen MR) is 104 cm³/mol. The molecule has 1 aliphatic heterocycles. The van der Waals surface area contributed by atoms with E-state index in [4.69, 9.17) is 0 Å². The monoisotopic (exact) mass is 337 g/mol. The Morgan fingerprint density at radius 3 is 2.24 bits per heavy atom. The van der Waals surface area contributed by atoms with Crippen molar-refractivity contribution in [2.45, 2.75) is 26.2 Å². The zero-order chi connectivity index (χ0) is 17.6. The molecule has 2 aromatic rings. The van der Waals surface area contributed by atoms with Crippen LogP contribution in [0.25, 0.3) is 0 Å². The number of benzene rings is 2. The van der Waals surface area contributed by atoms with E-state index in [0.29, 0.717) is 5.92 Å². The maximum absolute atomic E-state index is 12.5. The lowest BCUT2D eigenvalue weighted by atomic mass is 9.99. The minimum Gasteiger partial charge on any atom is -0.368 e. The molecule has 25 heavy (non-hydrogen) atoms. The second kappa shape index (κ2) is 8.06. The second-order valence-electron chi connectivity index (χ2n) is 6.67. The van der Waals surface area contributed by atoms with Gasteiger partial charge < -0.3 is 15.1 Å². The van der Waals surface area contributed by atoms with E-state index < -0.39 is 0 Å². The number of anilines is 2. The summed E-state index contributed by atoms with van der Waals surface area (Å²) >= 11 is 0. The Balaban J connectivity index is 1.53. The van der Waals surface area contributed by atoms with Gasteiger partial charge in [0.1, 0.15) is 0 Å². The van der Waals surface area contributed by atoms with Gasteiger partial charge in [0, 0.05) is 37.6 Å². The number of amides is 2. The van der Waals surface area contributed by atoms with Crippen LogP contribution in [0.5, 0.6) is 0 Å². The molecule has 1 heterocycles. The maximum atomic E-state index is 12.5. The third-order valence-corrected chi connectivity index (χ3v) is 5.03. The summed E-state index contributed by atoms with van der Waals surface area (Å²) in [5.41, 5.74) is 3.41. The third-order valence-electron chi connectivity index (χ3n) is 5.03. The third kappa shape index (κ3) is 4.32. The van der Waals surface area contributed by atoms with Crippen LogP contribution >= 0.6 is 0 Å².